The van der Waals surface area contributed by atoms with Crippen LogP contribution in [0.4, 0.5) is 0 Å². The van der Waals surface area contributed by atoms with Gasteiger partial charge < -0.3 is 9.47 Å². The minimum atomic E-state index is 0.0919. The van der Waals surface area contributed by atoms with Gasteiger partial charge in [0, 0.05) is 74.0 Å². The number of nitrogens with zero attached hydrogens (tertiary/aromatic N) is 4. The minimum Gasteiger partial charge on any atom is -0.340 e. The van der Waals surface area contributed by atoms with E-state index in [1.807, 2.05) is 59.1 Å². The molecule has 5 nitrogen and oxygen atoms in total. The van der Waals surface area contributed by atoms with Gasteiger partial charge in [0.05, 0.1) is 0 Å². The van der Waals surface area contributed by atoms with Crippen LogP contribution >= 0.6 is 11.6 Å². The lowest BCUT2D eigenvalue weighted by Gasteiger charge is -2.34. The Morgan fingerprint density at radius 3 is 2.67 bits per heavy atom. The molecule has 2 aromatic heterocycles. The summed E-state index contributed by atoms with van der Waals surface area (Å²) in [6, 6.07) is 13.7. The number of hydrogen-bond donors (Lipinski definition) is 0. The van der Waals surface area contributed by atoms with Crippen LogP contribution < -0.4 is 0 Å². The average Bonchev–Trinajstić information content (AvgIpc) is 3.02. The number of aryl methyl sites for hydroxylation is 1. The lowest BCUT2D eigenvalue weighted by molar-refractivity contribution is 0.0629. The van der Waals surface area contributed by atoms with Crippen molar-refractivity contribution in [2.75, 3.05) is 32.7 Å². The number of aromatic nitrogens is 2. The van der Waals surface area contributed by atoms with E-state index in [2.05, 4.69) is 16.0 Å². The Labute approximate surface area is 164 Å². The number of fused-ring (bicyclic) bond motifs is 1. The van der Waals surface area contributed by atoms with Crippen LogP contribution in [0.2, 0.25) is 5.02 Å². The maximum absolute atomic E-state index is 13.0. The smallest absolute Gasteiger partial charge is 0.270 e. The van der Waals surface area contributed by atoms with Gasteiger partial charge in [-0.05, 0) is 36.4 Å². The van der Waals surface area contributed by atoms with Crippen molar-refractivity contribution < 1.29 is 4.79 Å². The molecule has 1 saturated heterocycles. The van der Waals surface area contributed by atoms with Crippen LogP contribution in [0.5, 0.6) is 0 Å². The number of carbonyl (C=O) groups is 1. The fourth-order valence-electron chi connectivity index (χ4n) is 3.68. The summed E-state index contributed by atoms with van der Waals surface area (Å²) >= 11 is 6.08. The number of amides is 1. The third-order valence-corrected chi connectivity index (χ3v) is 5.53. The quantitative estimate of drug-likeness (QED) is 0.695. The molecule has 27 heavy (non-hydrogen) atoms. The van der Waals surface area contributed by atoms with Crippen molar-refractivity contribution in [2.24, 2.45) is 7.05 Å². The van der Waals surface area contributed by atoms with Crippen LogP contribution in [0.25, 0.3) is 10.9 Å². The first-order chi connectivity index (χ1) is 13.1. The number of carbonyl (C=O) groups excluding carboxylic acids is 1. The molecule has 3 heterocycles. The maximum Gasteiger partial charge on any atom is 0.270 e. The highest BCUT2D eigenvalue weighted by Gasteiger charge is 2.24. The predicted octanol–water partition coefficient (Wildman–Crippen LogP) is 3.23. The fourth-order valence-corrected chi connectivity index (χ4v) is 3.86. The standard InChI is InChI=1S/C21H23ClN4O/c1-24-19-6-5-17(22)14-16(19)15-20(24)21(27)26-12-10-25(11-13-26)9-7-18-4-2-3-8-23-18/h2-6,8,14-15H,7,9-13H2,1H3. The van der Waals surface area contributed by atoms with Gasteiger partial charge in [-0.15, -0.1) is 0 Å². The zero-order chi connectivity index (χ0) is 18.8. The first kappa shape index (κ1) is 18.0. The molecule has 6 heteroatoms. The molecule has 3 aromatic rings. The summed E-state index contributed by atoms with van der Waals surface area (Å²) in [5, 5.41) is 1.69. The van der Waals surface area contributed by atoms with Gasteiger partial charge in [0.1, 0.15) is 5.69 Å². The van der Waals surface area contributed by atoms with E-state index in [1.165, 1.54) is 0 Å². The van der Waals surface area contributed by atoms with Crippen LogP contribution in [-0.2, 0) is 13.5 Å². The zero-order valence-corrected chi connectivity index (χ0v) is 16.2. The molecule has 0 bridgehead atoms. The van der Waals surface area contributed by atoms with Crippen LogP contribution in [0, 0.1) is 0 Å². The number of halogens is 1. The second kappa shape index (κ2) is 7.71. The normalized spacial score (nSPS) is 15.4. The van der Waals surface area contributed by atoms with E-state index < -0.39 is 0 Å². The predicted molar refractivity (Wildman–Crippen MR) is 108 cm³/mol. The third kappa shape index (κ3) is 3.84. The van der Waals surface area contributed by atoms with Crippen molar-refractivity contribution in [3.8, 4) is 0 Å². The maximum atomic E-state index is 13.0. The van der Waals surface area contributed by atoms with Gasteiger partial charge in [0.15, 0.2) is 0 Å². The molecule has 1 fully saturated rings. The molecule has 1 aromatic carbocycles. The summed E-state index contributed by atoms with van der Waals surface area (Å²) < 4.78 is 1.96. The number of rotatable bonds is 4. The minimum absolute atomic E-state index is 0.0919. The zero-order valence-electron chi connectivity index (χ0n) is 15.4. The summed E-state index contributed by atoms with van der Waals surface area (Å²) in [5.41, 5.74) is 2.86. The van der Waals surface area contributed by atoms with E-state index in [0.29, 0.717) is 10.7 Å². The molecule has 1 aliphatic heterocycles. The Bertz CT molecular complexity index is 945. The molecular formula is C21H23ClN4O. The number of pyridine rings is 1. The van der Waals surface area contributed by atoms with Gasteiger partial charge in [-0.2, -0.15) is 0 Å². The second-order valence-electron chi connectivity index (χ2n) is 7.00. The SMILES string of the molecule is Cn1c(C(=O)N2CCN(CCc3ccccn3)CC2)cc2cc(Cl)ccc21. The molecule has 0 spiro atoms. The van der Waals surface area contributed by atoms with Crippen molar-refractivity contribution in [3.05, 3.63) is 65.1 Å². The van der Waals surface area contributed by atoms with Crippen molar-refractivity contribution in [1.29, 1.82) is 0 Å². The molecule has 0 saturated carbocycles. The summed E-state index contributed by atoms with van der Waals surface area (Å²) in [6.07, 6.45) is 2.78. The summed E-state index contributed by atoms with van der Waals surface area (Å²) in [5.74, 6) is 0.0919. The molecule has 140 valence electrons. The number of benzene rings is 1. The van der Waals surface area contributed by atoms with E-state index in [-0.39, 0.29) is 5.91 Å². The van der Waals surface area contributed by atoms with E-state index in [4.69, 9.17) is 11.6 Å². The largest absolute Gasteiger partial charge is 0.340 e. The summed E-state index contributed by atoms with van der Waals surface area (Å²) in [4.78, 5) is 21.7. The second-order valence-corrected chi connectivity index (χ2v) is 7.43. The van der Waals surface area contributed by atoms with Gasteiger partial charge in [-0.25, -0.2) is 0 Å². The van der Waals surface area contributed by atoms with Crippen LogP contribution in [0.3, 0.4) is 0 Å². The Morgan fingerprint density at radius 2 is 1.93 bits per heavy atom. The molecule has 1 amide bonds. The van der Waals surface area contributed by atoms with E-state index >= 15 is 0 Å². The molecule has 0 unspecified atom stereocenters. The molecule has 0 radical (unpaired) electrons. The highest BCUT2D eigenvalue weighted by atomic mass is 35.5. The molecule has 4 rings (SSSR count). The highest BCUT2D eigenvalue weighted by Crippen LogP contribution is 2.23. The lowest BCUT2D eigenvalue weighted by atomic mass is 10.2. The first-order valence-corrected chi connectivity index (χ1v) is 9.66. The Morgan fingerprint density at radius 1 is 1.11 bits per heavy atom. The van der Waals surface area contributed by atoms with Gasteiger partial charge >= 0.3 is 0 Å². The molecular weight excluding hydrogens is 360 g/mol. The van der Waals surface area contributed by atoms with Crippen molar-refractivity contribution in [2.45, 2.75) is 6.42 Å². The van der Waals surface area contributed by atoms with Crippen LogP contribution in [0.1, 0.15) is 16.2 Å². The van der Waals surface area contributed by atoms with Crippen molar-refractivity contribution in [3.63, 3.8) is 0 Å². The van der Waals surface area contributed by atoms with Crippen molar-refractivity contribution in [1.82, 2.24) is 19.4 Å². The average molecular weight is 383 g/mol. The van der Waals surface area contributed by atoms with E-state index in [1.54, 1.807) is 0 Å². The van der Waals surface area contributed by atoms with Crippen LogP contribution in [-0.4, -0.2) is 58.0 Å². The van der Waals surface area contributed by atoms with Gasteiger partial charge in [0.2, 0.25) is 0 Å². The Balaban J connectivity index is 1.38. The van der Waals surface area contributed by atoms with Crippen LogP contribution in [0.15, 0.2) is 48.7 Å². The topological polar surface area (TPSA) is 41.4 Å². The number of hydrogen-bond acceptors (Lipinski definition) is 3. The van der Waals surface area contributed by atoms with Gasteiger partial charge in [-0.1, -0.05) is 17.7 Å². The molecule has 0 aliphatic carbocycles. The molecule has 0 N–H and O–H groups in total. The lowest BCUT2D eigenvalue weighted by Crippen LogP contribution is -2.49. The Kier molecular flexibility index (Phi) is 5.14. The van der Waals surface area contributed by atoms with E-state index in [0.717, 1.165) is 55.7 Å². The van der Waals surface area contributed by atoms with Crippen molar-refractivity contribution >= 4 is 28.4 Å². The Hall–Kier alpha value is -2.37. The molecule has 1 aliphatic rings. The summed E-state index contributed by atoms with van der Waals surface area (Å²) in [7, 11) is 1.94. The molecule has 0 atom stereocenters. The first-order valence-electron chi connectivity index (χ1n) is 9.28. The summed E-state index contributed by atoms with van der Waals surface area (Å²) in [6.45, 7) is 4.28. The monoisotopic (exact) mass is 382 g/mol. The van der Waals surface area contributed by atoms with Gasteiger partial charge in [-0.3, -0.25) is 14.7 Å². The van der Waals surface area contributed by atoms with Gasteiger partial charge in [0.25, 0.3) is 5.91 Å². The fraction of sp³-hybridized carbons (Fsp3) is 0.333. The van der Waals surface area contributed by atoms with E-state index in [9.17, 15) is 4.79 Å². The number of piperazine rings is 1. The third-order valence-electron chi connectivity index (χ3n) is 5.29. The highest BCUT2D eigenvalue weighted by molar-refractivity contribution is 6.31.